The van der Waals surface area contributed by atoms with Crippen LogP contribution in [0.5, 0.6) is 0 Å². The molecule has 9 rings (SSSR count). The van der Waals surface area contributed by atoms with Gasteiger partial charge in [-0.2, -0.15) is 0 Å². The zero-order valence-corrected chi connectivity index (χ0v) is 53.2. The Hall–Kier alpha value is -3.60. The number of hydrogen-bond acceptors (Lipinski definition) is 30. The van der Waals surface area contributed by atoms with Crippen LogP contribution in [0.15, 0.2) is 87.7 Å². The molecule has 0 radical (unpaired) electrons. The summed E-state index contributed by atoms with van der Waals surface area (Å²) in [5.41, 5.74) is 2.86. The number of rotatable bonds is 32. The van der Waals surface area contributed by atoms with E-state index in [0.717, 1.165) is 0 Å². The number of fused-ring (bicyclic) bond motifs is 20. The van der Waals surface area contributed by atoms with Crippen molar-refractivity contribution in [3.63, 3.8) is 0 Å². The second kappa shape index (κ2) is 32.3. The predicted octanol–water partition coefficient (Wildman–Crippen LogP) is 2.43. The second-order valence-electron chi connectivity index (χ2n) is 20.2. The van der Waals surface area contributed by atoms with Crippen molar-refractivity contribution in [1.29, 1.82) is 0 Å². The van der Waals surface area contributed by atoms with Gasteiger partial charge in [-0.1, -0.05) is 0 Å². The molecular weight excluding hydrogens is 1300 g/mol. The number of aromatic amines is 2. The average Bonchev–Trinajstić information content (AvgIpc) is 4.43. The van der Waals surface area contributed by atoms with Crippen molar-refractivity contribution in [2.24, 2.45) is 0 Å². The number of nitrogens with one attached hydrogen (secondary N) is 2. The fourth-order valence-electron chi connectivity index (χ4n) is 8.63. The van der Waals surface area contributed by atoms with Gasteiger partial charge in [-0.05, 0) is 48.5 Å². The molecule has 0 saturated heterocycles. The van der Waals surface area contributed by atoms with E-state index in [0.29, 0.717) is 83.0 Å². The van der Waals surface area contributed by atoms with E-state index in [-0.39, 0.29) is 91.9 Å². The molecule has 474 valence electrons. The molecule has 24 nitrogen and oxygen atoms in total. The summed E-state index contributed by atoms with van der Waals surface area (Å²) in [5, 5.41) is 166. The second-order valence-corrected chi connectivity index (χ2v) is 28.7. The van der Waals surface area contributed by atoms with Crippen molar-refractivity contribution >= 4 is 138 Å². The Bertz CT molecular complexity index is 3280. The first-order chi connectivity index (χ1) is 42.5. The van der Waals surface area contributed by atoms with Crippen molar-refractivity contribution < 1.29 is 81.7 Å². The van der Waals surface area contributed by atoms with Crippen molar-refractivity contribution in [1.82, 2.24) is 39.9 Å². The third kappa shape index (κ3) is 16.8. The Morgan fingerprint density at radius 3 is 0.568 bits per heavy atom. The van der Waals surface area contributed by atoms with Crippen LogP contribution in [-0.4, -0.2) is 269 Å². The highest BCUT2D eigenvalue weighted by molar-refractivity contribution is 8.03. The average molecular weight is 1360 g/mol. The molecule has 88 heavy (non-hydrogen) atoms. The van der Waals surface area contributed by atoms with Crippen LogP contribution < -0.4 is 0 Å². The molecule has 0 amide bonds. The molecule has 5 heterocycles. The minimum atomic E-state index is -1.10. The van der Waals surface area contributed by atoms with Gasteiger partial charge in [0.1, 0.15) is 22.6 Å². The lowest BCUT2D eigenvalue weighted by molar-refractivity contribution is 0.113. The third-order valence-electron chi connectivity index (χ3n) is 13.2. The fourth-order valence-corrected chi connectivity index (χ4v) is 17.1. The van der Waals surface area contributed by atoms with Gasteiger partial charge in [0.2, 0.25) is 0 Å². The van der Waals surface area contributed by atoms with Crippen LogP contribution in [0.3, 0.4) is 0 Å². The molecule has 0 aliphatic carbocycles. The van der Waals surface area contributed by atoms with E-state index in [4.69, 9.17) is 29.9 Å². The summed E-state index contributed by atoms with van der Waals surface area (Å²) in [6, 6.07) is 14.6. The van der Waals surface area contributed by atoms with Crippen LogP contribution in [0.4, 0.5) is 0 Å². The zero-order chi connectivity index (χ0) is 62.8. The minimum Gasteiger partial charge on any atom is -0.394 e. The van der Waals surface area contributed by atoms with Crippen molar-refractivity contribution in [2.45, 2.75) is 88.0 Å². The molecule has 0 spiro atoms. The van der Waals surface area contributed by atoms with Crippen molar-refractivity contribution in [3.8, 4) is 45.6 Å². The summed E-state index contributed by atoms with van der Waals surface area (Å²) in [6.07, 6.45) is -8.77. The summed E-state index contributed by atoms with van der Waals surface area (Å²) in [6.45, 7) is -4.07. The lowest BCUT2D eigenvalue weighted by atomic mass is 10.1. The molecule has 2 aliphatic heterocycles. The Balaban J connectivity index is 1.44. The van der Waals surface area contributed by atoms with Crippen LogP contribution in [0.1, 0.15) is 0 Å². The number of hydrogen-bond donors (Lipinski definition) is 18. The molecule has 8 unspecified atom stereocenters. The Labute approximate surface area is 537 Å². The summed E-state index contributed by atoms with van der Waals surface area (Å²) in [5.74, 6) is 1.20. The van der Waals surface area contributed by atoms with E-state index in [1.165, 1.54) is 94.1 Å². The first-order valence-corrected chi connectivity index (χ1v) is 35.3. The number of aliphatic hydroxyl groups is 16. The Morgan fingerprint density at radius 1 is 0.250 bits per heavy atom. The highest BCUT2D eigenvalue weighted by atomic mass is 32.2. The van der Waals surface area contributed by atoms with Gasteiger partial charge in [0.05, 0.1) is 102 Å². The SMILES string of the molecule is OCC(O)CSc1cc2c(cc1SCC(O)CO)-c1nc-2nc2[nH]c(nc3nc(nc4[nH]c(n1)c1cc(SCC(O)CO)c(SCC(O)CO)cc41)-c1cc(SCC(O)CO)c(SCC(O)CO)cc1-3)c1cc(SCC(O)CO)c(SCC(O)CO)cc21. The highest BCUT2D eigenvalue weighted by Crippen LogP contribution is 2.47. The summed E-state index contributed by atoms with van der Waals surface area (Å²) in [4.78, 5) is 43.1. The van der Waals surface area contributed by atoms with Crippen LogP contribution in [0.25, 0.3) is 89.7 Å². The highest BCUT2D eigenvalue weighted by Gasteiger charge is 2.28. The van der Waals surface area contributed by atoms with Gasteiger partial charge in [0.25, 0.3) is 0 Å². The quantitative estimate of drug-likeness (QED) is 0.0269. The molecule has 0 fully saturated rings. The molecule has 4 aromatic carbocycles. The van der Waals surface area contributed by atoms with Gasteiger partial charge < -0.3 is 91.7 Å². The monoisotopic (exact) mass is 1360 g/mol. The lowest BCUT2D eigenvalue weighted by Crippen LogP contribution is -2.15. The van der Waals surface area contributed by atoms with Gasteiger partial charge >= 0.3 is 0 Å². The molecular formula is C56H66N8O16S8. The normalized spacial score (nSPS) is 15.1. The zero-order valence-electron chi connectivity index (χ0n) is 46.7. The summed E-state index contributed by atoms with van der Waals surface area (Å²) in [7, 11) is 0. The third-order valence-corrected chi connectivity index (χ3v) is 23.3. The minimum absolute atomic E-state index is 0.0721. The molecule has 3 aromatic heterocycles. The smallest absolute Gasteiger partial charge is 0.164 e. The van der Waals surface area contributed by atoms with E-state index in [1.807, 2.05) is 48.5 Å². The standard InChI is InChI=1S/C56H66N8O16S8/c65-9-25(73)17-81-41-1-33-34(2-42(41)82-18-26(74)10-66)50-57-49(33)61-51-35-3-43(83-19-27(75)11-67)44(84-20-28(76)12-68)4-36(35)53(58-51)63-55-39-7-47(87-23-31(79)15-71)48(88-24-32(80)16-72)8-40(39)56(60-55)64-54-38-6-46(86-22-30(78)14-70)45(85-21-29(77)13-69)5-37(38)52(59-54)62-50/h1-8,25-32,65-80H,9-24H2,(H2,57,58,59,60,61,62,63,64). The van der Waals surface area contributed by atoms with E-state index >= 15 is 0 Å². The number of nitrogens with zero attached hydrogens (tertiary/aromatic N) is 6. The largest absolute Gasteiger partial charge is 0.394 e. The molecule has 18 N–H and O–H groups in total. The van der Waals surface area contributed by atoms with Crippen molar-refractivity contribution in [3.05, 3.63) is 48.5 Å². The first kappa shape index (κ1) is 68.8. The Morgan fingerprint density at radius 2 is 0.409 bits per heavy atom. The van der Waals surface area contributed by atoms with Crippen LogP contribution in [-0.2, 0) is 0 Å². The number of benzene rings is 4. The van der Waals surface area contributed by atoms with Crippen LogP contribution in [0.2, 0.25) is 0 Å². The number of thioether (sulfide) groups is 8. The molecule has 7 aromatic rings. The molecule has 8 atom stereocenters. The summed E-state index contributed by atoms with van der Waals surface area (Å²) < 4.78 is 0. The molecule has 0 saturated carbocycles. The Kier molecular flexibility index (Phi) is 25.2. The van der Waals surface area contributed by atoms with E-state index in [9.17, 15) is 81.7 Å². The first-order valence-electron chi connectivity index (χ1n) is 27.4. The fraction of sp³-hybridized carbons (Fsp3) is 0.429. The van der Waals surface area contributed by atoms with Gasteiger partial charge in [-0.15, -0.1) is 94.1 Å². The van der Waals surface area contributed by atoms with Gasteiger partial charge in [0.15, 0.2) is 23.3 Å². The maximum absolute atomic E-state index is 10.6. The topological polar surface area (TPSA) is 433 Å². The van der Waals surface area contributed by atoms with Gasteiger partial charge in [0, 0.05) is 129 Å². The number of aliphatic hydroxyl groups excluding tert-OH is 16. The van der Waals surface area contributed by atoms with E-state index in [2.05, 4.69) is 9.97 Å². The maximum atomic E-state index is 10.6. The van der Waals surface area contributed by atoms with E-state index < -0.39 is 102 Å². The van der Waals surface area contributed by atoms with Gasteiger partial charge in [-0.25, -0.2) is 29.9 Å². The van der Waals surface area contributed by atoms with Crippen molar-refractivity contribution in [2.75, 3.05) is 98.9 Å². The van der Waals surface area contributed by atoms with Gasteiger partial charge in [-0.3, -0.25) is 0 Å². The maximum Gasteiger partial charge on any atom is 0.164 e. The lowest BCUT2D eigenvalue weighted by Gasteiger charge is -2.14. The number of H-pyrrole nitrogens is 2. The summed E-state index contributed by atoms with van der Waals surface area (Å²) >= 11 is 9.93. The number of aromatic nitrogens is 8. The van der Waals surface area contributed by atoms with Crippen LogP contribution in [0, 0.1) is 0 Å². The van der Waals surface area contributed by atoms with E-state index in [1.54, 1.807) is 0 Å². The molecule has 8 bridgehead atoms. The molecule has 2 aliphatic rings. The molecule has 32 heteroatoms. The predicted molar refractivity (Wildman–Crippen MR) is 347 cm³/mol. The van der Waals surface area contributed by atoms with Crippen LogP contribution >= 0.6 is 94.1 Å².